The van der Waals surface area contributed by atoms with Crippen molar-refractivity contribution in [1.82, 2.24) is 10.3 Å². The van der Waals surface area contributed by atoms with Crippen LogP contribution in [0, 0.1) is 5.41 Å². The molecule has 1 aromatic rings. The first kappa shape index (κ1) is 12.6. The second kappa shape index (κ2) is 4.77. The molecular weight excluding hydrogens is 280 g/mol. The van der Waals surface area contributed by atoms with Crippen LogP contribution in [0.3, 0.4) is 0 Å². The lowest BCUT2D eigenvalue weighted by Gasteiger charge is -2.17. The van der Waals surface area contributed by atoms with E-state index in [0.29, 0.717) is 21.8 Å². The number of halogens is 1. The summed E-state index contributed by atoms with van der Waals surface area (Å²) in [7, 11) is 0. The number of hydrogen-bond acceptors (Lipinski definition) is 2. The molecule has 0 aromatic carbocycles. The molecule has 0 spiro atoms. The molecule has 1 fully saturated rings. The van der Waals surface area contributed by atoms with Crippen LogP contribution in [0.25, 0.3) is 0 Å². The minimum atomic E-state index is -0.0750. The number of pyridine rings is 1. The third kappa shape index (κ3) is 3.28. The van der Waals surface area contributed by atoms with Crippen LogP contribution in [-0.2, 0) is 0 Å². The van der Waals surface area contributed by atoms with Crippen LogP contribution in [0.1, 0.15) is 43.6 Å². The molecule has 1 saturated carbocycles. The summed E-state index contributed by atoms with van der Waals surface area (Å²) < 4.78 is 0.692. The van der Waals surface area contributed by atoms with Gasteiger partial charge >= 0.3 is 0 Å². The van der Waals surface area contributed by atoms with E-state index in [1.54, 1.807) is 6.07 Å². The summed E-state index contributed by atoms with van der Waals surface area (Å²) in [5, 5.41) is 3.06. The largest absolute Gasteiger partial charge is 0.348 e. The molecule has 4 heteroatoms. The molecule has 17 heavy (non-hydrogen) atoms. The number of carbonyl (C=O) groups excluding carboxylic acids is 1. The van der Waals surface area contributed by atoms with Crippen molar-refractivity contribution < 1.29 is 4.79 Å². The topological polar surface area (TPSA) is 42.0 Å². The second-order valence-electron chi connectivity index (χ2n) is 5.42. The van der Waals surface area contributed by atoms with Gasteiger partial charge in [-0.3, -0.25) is 4.79 Å². The van der Waals surface area contributed by atoms with E-state index < -0.39 is 0 Å². The summed E-state index contributed by atoms with van der Waals surface area (Å²) in [6.07, 6.45) is 3.28. The van der Waals surface area contributed by atoms with Gasteiger partial charge in [0.1, 0.15) is 10.3 Å². The molecule has 1 heterocycles. The van der Waals surface area contributed by atoms with Crippen LogP contribution in [-0.4, -0.2) is 16.9 Å². The molecule has 1 aromatic heterocycles. The zero-order valence-corrected chi connectivity index (χ0v) is 11.8. The SMILES string of the molecule is CC1(C)CCC(NC(=O)c2cccc(Br)n2)C1. The zero-order chi connectivity index (χ0) is 12.5. The van der Waals surface area contributed by atoms with E-state index >= 15 is 0 Å². The highest BCUT2D eigenvalue weighted by molar-refractivity contribution is 9.10. The van der Waals surface area contributed by atoms with Crippen LogP contribution in [0.15, 0.2) is 22.8 Å². The van der Waals surface area contributed by atoms with Crippen LogP contribution in [0.5, 0.6) is 0 Å². The minimum absolute atomic E-state index is 0.0750. The first-order chi connectivity index (χ1) is 7.96. The van der Waals surface area contributed by atoms with Crippen molar-refractivity contribution >= 4 is 21.8 Å². The Labute approximate surface area is 110 Å². The van der Waals surface area contributed by atoms with Crippen molar-refractivity contribution in [1.29, 1.82) is 0 Å². The number of rotatable bonds is 2. The maximum absolute atomic E-state index is 12.0. The van der Waals surface area contributed by atoms with Crippen molar-refractivity contribution in [2.24, 2.45) is 5.41 Å². The fourth-order valence-electron chi connectivity index (χ4n) is 2.35. The molecular formula is C13H17BrN2O. The number of hydrogen-bond donors (Lipinski definition) is 1. The van der Waals surface area contributed by atoms with Gasteiger partial charge in [0.15, 0.2) is 0 Å². The first-order valence-electron chi connectivity index (χ1n) is 5.90. The number of aromatic nitrogens is 1. The van der Waals surface area contributed by atoms with E-state index in [0.717, 1.165) is 12.8 Å². The average molecular weight is 297 g/mol. The maximum Gasteiger partial charge on any atom is 0.270 e. The molecule has 1 aliphatic carbocycles. The highest BCUT2D eigenvalue weighted by atomic mass is 79.9. The van der Waals surface area contributed by atoms with Gasteiger partial charge in [-0.15, -0.1) is 0 Å². The molecule has 0 radical (unpaired) electrons. The summed E-state index contributed by atoms with van der Waals surface area (Å²) in [5.41, 5.74) is 0.826. The van der Waals surface area contributed by atoms with Gasteiger partial charge in [0.2, 0.25) is 0 Å². The highest BCUT2D eigenvalue weighted by Crippen LogP contribution is 2.36. The minimum Gasteiger partial charge on any atom is -0.348 e. The van der Waals surface area contributed by atoms with Crippen LogP contribution in [0.4, 0.5) is 0 Å². The summed E-state index contributed by atoms with van der Waals surface area (Å²) in [6, 6.07) is 5.67. The quantitative estimate of drug-likeness (QED) is 0.852. The van der Waals surface area contributed by atoms with E-state index in [-0.39, 0.29) is 5.91 Å². The van der Waals surface area contributed by atoms with E-state index in [1.807, 2.05) is 12.1 Å². The van der Waals surface area contributed by atoms with Gasteiger partial charge in [-0.25, -0.2) is 4.98 Å². The predicted octanol–water partition coefficient (Wildman–Crippen LogP) is 3.15. The molecule has 0 saturated heterocycles. The summed E-state index contributed by atoms with van der Waals surface area (Å²) in [4.78, 5) is 16.1. The Morgan fingerprint density at radius 1 is 1.53 bits per heavy atom. The lowest BCUT2D eigenvalue weighted by atomic mass is 9.92. The third-order valence-electron chi connectivity index (χ3n) is 3.25. The highest BCUT2D eigenvalue weighted by Gasteiger charge is 2.31. The fraction of sp³-hybridized carbons (Fsp3) is 0.538. The smallest absolute Gasteiger partial charge is 0.270 e. The first-order valence-corrected chi connectivity index (χ1v) is 6.69. The Hall–Kier alpha value is -0.900. The Kier molecular flexibility index (Phi) is 3.52. The molecule has 1 N–H and O–H groups in total. The summed E-state index contributed by atoms with van der Waals surface area (Å²) in [5.74, 6) is -0.0750. The lowest BCUT2D eigenvalue weighted by Crippen LogP contribution is -2.34. The monoisotopic (exact) mass is 296 g/mol. The van der Waals surface area contributed by atoms with Gasteiger partial charge < -0.3 is 5.32 Å². The van der Waals surface area contributed by atoms with Crippen molar-refractivity contribution in [3.05, 3.63) is 28.5 Å². The number of nitrogens with zero attached hydrogens (tertiary/aromatic N) is 1. The van der Waals surface area contributed by atoms with Crippen molar-refractivity contribution in [3.63, 3.8) is 0 Å². The normalized spacial score (nSPS) is 22.4. The van der Waals surface area contributed by atoms with Gasteiger partial charge in [-0.05, 0) is 52.7 Å². The van der Waals surface area contributed by atoms with Crippen molar-refractivity contribution in [2.75, 3.05) is 0 Å². The Balaban J connectivity index is 1.98. The molecule has 1 aliphatic rings. The number of carbonyl (C=O) groups is 1. The van der Waals surface area contributed by atoms with Gasteiger partial charge in [-0.1, -0.05) is 19.9 Å². The summed E-state index contributed by atoms with van der Waals surface area (Å²) in [6.45, 7) is 4.49. The Bertz CT molecular complexity index is 431. The standard InChI is InChI=1S/C13H17BrN2O/c1-13(2)7-6-9(8-13)15-12(17)10-4-3-5-11(14)16-10/h3-5,9H,6-8H2,1-2H3,(H,15,17). The van der Waals surface area contributed by atoms with Gasteiger partial charge in [-0.2, -0.15) is 0 Å². The third-order valence-corrected chi connectivity index (χ3v) is 3.69. The van der Waals surface area contributed by atoms with Gasteiger partial charge in [0.25, 0.3) is 5.91 Å². The van der Waals surface area contributed by atoms with E-state index in [4.69, 9.17) is 0 Å². The van der Waals surface area contributed by atoms with E-state index in [9.17, 15) is 4.79 Å². The van der Waals surface area contributed by atoms with Gasteiger partial charge in [0.05, 0.1) is 0 Å². The molecule has 3 nitrogen and oxygen atoms in total. The summed E-state index contributed by atoms with van der Waals surface area (Å²) >= 11 is 3.27. The maximum atomic E-state index is 12.0. The molecule has 1 amide bonds. The van der Waals surface area contributed by atoms with Crippen molar-refractivity contribution in [2.45, 2.75) is 39.2 Å². The second-order valence-corrected chi connectivity index (χ2v) is 6.24. The fourth-order valence-corrected chi connectivity index (χ4v) is 2.70. The molecule has 0 aliphatic heterocycles. The number of amides is 1. The van der Waals surface area contributed by atoms with Crippen LogP contribution < -0.4 is 5.32 Å². The lowest BCUT2D eigenvalue weighted by molar-refractivity contribution is 0.0931. The van der Waals surface area contributed by atoms with Crippen LogP contribution >= 0.6 is 15.9 Å². The van der Waals surface area contributed by atoms with Crippen LogP contribution in [0.2, 0.25) is 0 Å². The molecule has 2 rings (SSSR count). The Morgan fingerprint density at radius 3 is 2.88 bits per heavy atom. The van der Waals surface area contributed by atoms with E-state index in [2.05, 4.69) is 40.1 Å². The number of nitrogens with one attached hydrogen (secondary N) is 1. The molecule has 1 atom stereocenters. The molecule has 1 unspecified atom stereocenters. The zero-order valence-electron chi connectivity index (χ0n) is 10.2. The van der Waals surface area contributed by atoms with E-state index in [1.165, 1.54) is 6.42 Å². The Morgan fingerprint density at radius 2 is 2.29 bits per heavy atom. The predicted molar refractivity (Wildman–Crippen MR) is 70.8 cm³/mol. The molecule has 92 valence electrons. The van der Waals surface area contributed by atoms with Gasteiger partial charge in [0, 0.05) is 6.04 Å². The molecule has 0 bridgehead atoms. The average Bonchev–Trinajstić information content (AvgIpc) is 2.58. The van der Waals surface area contributed by atoms with Crippen molar-refractivity contribution in [3.8, 4) is 0 Å².